The number of rotatable bonds is 5. The van der Waals surface area contributed by atoms with E-state index in [2.05, 4.69) is 49.4 Å². The Hall–Kier alpha value is -1.85. The summed E-state index contributed by atoms with van der Waals surface area (Å²) in [4.78, 5) is 0. The van der Waals surface area contributed by atoms with Crippen LogP contribution >= 0.6 is 27.7 Å². The Balaban J connectivity index is 2.14. The van der Waals surface area contributed by atoms with Gasteiger partial charge in [-0.25, -0.2) is 0 Å². The Labute approximate surface area is 142 Å². The van der Waals surface area contributed by atoms with Gasteiger partial charge in [0.1, 0.15) is 0 Å². The number of benzene rings is 2. The predicted molar refractivity (Wildman–Crippen MR) is 95.4 cm³/mol. The summed E-state index contributed by atoms with van der Waals surface area (Å²) >= 11 is 5.13. The molecule has 5 heteroatoms. The van der Waals surface area contributed by atoms with Crippen molar-refractivity contribution in [2.45, 2.75) is 5.16 Å². The van der Waals surface area contributed by atoms with Gasteiger partial charge in [-0.3, -0.25) is 4.57 Å². The molecule has 0 unspecified atom stereocenters. The number of hydrogen-bond acceptors (Lipinski definition) is 3. The summed E-state index contributed by atoms with van der Waals surface area (Å²) < 4.78 is 3.10. The van der Waals surface area contributed by atoms with E-state index in [1.54, 1.807) is 11.8 Å². The van der Waals surface area contributed by atoms with E-state index in [0.717, 1.165) is 32.5 Å². The van der Waals surface area contributed by atoms with Crippen molar-refractivity contribution in [1.29, 1.82) is 0 Å². The first kappa shape index (κ1) is 15.1. The molecule has 22 heavy (non-hydrogen) atoms. The molecule has 110 valence electrons. The van der Waals surface area contributed by atoms with Crippen molar-refractivity contribution in [3.63, 3.8) is 0 Å². The van der Waals surface area contributed by atoms with Gasteiger partial charge >= 0.3 is 0 Å². The van der Waals surface area contributed by atoms with Crippen LogP contribution in [-0.2, 0) is 0 Å². The van der Waals surface area contributed by atoms with Crippen LogP contribution in [0.2, 0.25) is 0 Å². The number of thioether (sulfide) groups is 1. The van der Waals surface area contributed by atoms with Crippen molar-refractivity contribution in [1.82, 2.24) is 14.8 Å². The molecule has 0 aliphatic rings. The third-order valence-corrected chi connectivity index (χ3v) is 4.48. The van der Waals surface area contributed by atoms with Crippen LogP contribution in [0.4, 0.5) is 0 Å². The van der Waals surface area contributed by atoms with Crippen LogP contribution in [-0.4, -0.2) is 20.5 Å². The summed E-state index contributed by atoms with van der Waals surface area (Å²) in [7, 11) is 0. The van der Waals surface area contributed by atoms with Crippen molar-refractivity contribution in [3.05, 3.63) is 71.7 Å². The molecule has 0 aliphatic carbocycles. The topological polar surface area (TPSA) is 30.7 Å². The summed E-state index contributed by atoms with van der Waals surface area (Å²) in [6.07, 6.45) is 1.87. The van der Waals surface area contributed by atoms with E-state index in [0.29, 0.717) is 0 Å². The normalized spacial score (nSPS) is 10.6. The fraction of sp³-hybridized carbons (Fsp3) is 0.0588. The maximum atomic E-state index is 4.39. The molecule has 0 bridgehead atoms. The van der Waals surface area contributed by atoms with Crippen molar-refractivity contribution < 1.29 is 0 Å². The van der Waals surface area contributed by atoms with E-state index in [9.17, 15) is 0 Å². The lowest BCUT2D eigenvalue weighted by atomic mass is 10.2. The Kier molecular flexibility index (Phi) is 4.75. The molecule has 0 spiro atoms. The molecule has 0 saturated heterocycles. The standard InChI is InChI=1S/C17H14BrN3S/c1-2-11-22-17-20-19-16(13-7-6-8-14(18)12-13)21(17)15-9-4-3-5-10-15/h2-10,12H,1,11H2. The van der Waals surface area contributed by atoms with E-state index in [1.165, 1.54) is 0 Å². The molecule has 3 aromatic rings. The fourth-order valence-corrected chi connectivity index (χ4v) is 3.21. The molecule has 1 heterocycles. The van der Waals surface area contributed by atoms with Gasteiger partial charge in [0.25, 0.3) is 0 Å². The molecule has 0 saturated carbocycles. The van der Waals surface area contributed by atoms with Crippen LogP contribution in [0, 0.1) is 0 Å². The van der Waals surface area contributed by atoms with Gasteiger partial charge in [0, 0.05) is 21.5 Å². The second-order valence-corrected chi connectivity index (χ2v) is 6.49. The third-order valence-electron chi connectivity index (χ3n) is 3.06. The number of aromatic nitrogens is 3. The Morgan fingerprint density at radius 1 is 1.09 bits per heavy atom. The molecule has 3 nitrogen and oxygen atoms in total. The van der Waals surface area contributed by atoms with Crippen LogP contribution in [0.15, 0.2) is 76.9 Å². The zero-order chi connectivity index (χ0) is 15.4. The highest BCUT2D eigenvalue weighted by Gasteiger charge is 2.15. The minimum atomic E-state index is 0.795. The average molecular weight is 372 g/mol. The fourth-order valence-electron chi connectivity index (χ4n) is 2.12. The molecule has 2 aromatic carbocycles. The first-order chi connectivity index (χ1) is 10.8. The van der Waals surface area contributed by atoms with E-state index in [-0.39, 0.29) is 0 Å². The number of nitrogens with zero attached hydrogens (tertiary/aromatic N) is 3. The maximum absolute atomic E-state index is 4.39. The zero-order valence-electron chi connectivity index (χ0n) is 11.8. The Morgan fingerprint density at radius 3 is 2.64 bits per heavy atom. The molecule has 3 rings (SSSR count). The second kappa shape index (κ2) is 6.94. The smallest absolute Gasteiger partial charge is 0.196 e. The van der Waals surface area contributed by atoms with E-state index < -0.39 is 0 Å². The summed E-state index contributed by atoms with van der Waals surface area (Å²) in [6.45, 7) is 3.77. The van der Waals surface area contributed by atoms with Crippen molar-refractivity contribution in [2.24, 2.45) is 0 Å². The van der Waals surface area contributed by atoms with Crippen LogP contribution < -0.4 is 0 Å². The largest absolute Gasteiger partial charge is 0.270 e. The van der Waals surface area contributed by atoms with Gasteiger partial charge in [0.2, 0.25) is 0 Å². The van der Waals surface area contributed by atoms with Crippen molar-refractivity contribution in [2.75, 3.05) is 5.75 Å². The van der Waals surface area contributed by atoms with Gasteiger partial charge in [-0.1, -0.05) is 64.1 Å². The van der Waals surface area contributed by atoms with Crippen LogP contribution in [0.1, 0.15) is 0 Å². The second-order valence-electron chi connectivity index (χ2n) is 4.59. The van der Waals surface area contributed by atoms with Crippen LogP contribution in [0.3, 0.4) is 0 Å². The summed E-state index contributed by atoms with van der Waals surface area (Å²) in [5, 5.41) is 9.60. The number of hydrogen-bond donors (Lipinski definition) is 0. The lowest BCUT2D eigenvalue weighted by molar-refractivity contribution is 0.888. The first-order valence-corrected chi connectivity index (χ1v) is 8.58. The molecule has 0 aliphatic heterocycles. The van der Waals surface area contributed by atoms with Crippen LogP contribution in [0.25, 0.3) is 17.1 Å². The summed E-state index contributed by atoms with van der Waals surface area (Å²) in [6, 6.07) is 18.2. The SMILES string of the molecule is C=CCSc1nnc(-c2cccc(Br)c2)n1-c1ccccc1. The highest BCUT2D eigenvalue weighted by atomic mass is 79.9. The van der Waals surface area contributed by atoms with Crippen molar-refractivity contribution in [3.8, 4) is 17.1 Å². The Morgan fingerprint density at radius 2 is 1.91 bits per heavy atom. The van der Waals surface area contributed by atoms with Gasteiger partial charge in [0.15, 0.2) is 11.0 Å². The molecule has 0 N–H and O–H groups in total. The zero-order valence-corrected chi connectivity index (χ0v) is 14.2. The predicted octanol–water partition coefficient (Wildman–Crippen LogP) is 4.97. The molecular formula is C17H14BrN3S. The first-order valence-electron chi connectivity index (χ1n) is 6.80. The molecule has 0 fully saturated rings. The lowest BCUT2D eigenvalue weighted by Gasteiger charge is -2.10. The highest BCUT2D eigenvalue weighted by molar-refractivity contribution is 9.10. The van der Waals surface area contributed by atoms with Gasteiger partial charge in [-0.05, 0) is 24.3 Å². The van der Waals surface area contributed by atoms with E-state index in [4.69, 9.17) is 0 Å². The number of para-hydroxylation sites is 1. The van der Waals surface area contributed by atoms with Crippen molar-refractivity contribution >= 4 is 27.7 Å². The van der Waals surface area contributed by atoms with Gasteiger partial charge in [0.05, 0.1) is 0 Å². The minimum absolute atomic E-state index is 0.795. The van der Waals surface area contributed by atoms with Gasteiger partial charge < -0.3 is 0 Å². The molecule has 0 atom stereocenters. The molecule has 1 aromatic heterocycles. The van der Waals surface area contributed by atoms with E-state index >= 15 is 0 Å². The molecule has 0 radical (unpaired) electrons. The molecular weight excluding hydrogens is 358 g/mol. The number of halogens is 1. The van der Waals surface area contributed by atoms with Gasteiger partial charge in [-0.15, -0.1) is 16.8 Å². The quantitative estimate of drug-likeness (QED) is 0.468. The Bertz CT molecular complexity index is 784. The summed E-state index contributed by atoms with van der Waals surface area (Å²) in [5.41, 5.74) is 2.07. The lowest BCUT2D eigenvalue weighted by Crippen LogP contribution is -1.99. The maximum Gasteiger partial charge on any atom is 0.196 e. The monoisotopic (exact) mass is 371 g/mol. The van der Waals surface area contributed by atoms with Crippen LogP contribution in [0.5, 0.6) is 0 Å². The average Bonchev–Trinajstić information content (AvgIpc) is 2.97. The third kappa shape index (κ3) is 3.15. The highest BCUT2D eigenvalue weighted by Crippen LogP contribution is 2.29. The van der Waals surface area contributed by atoms with E-state index in [1.807, 2.05) is 48.5 Å². The molecule has 0 amide bonds. The summed E-state index contributed by atoms with van der Waals surface area (Å²) in [5.74, 6) is 1.63. The van der Waals surface area contributed by atoms with Gasteiger partial charge in [-0.2, -0.15) is 0 Å². The minimum Gasteiger partial charge on any atom is -0.270 e.